The number of carbonyl (C=O) groups is 2. The SMILES string of the molecule is Cc1ccc(C)c(NC(=O)CCc2nnc(SC(C)C(=O)N3CCN(c4ccccc4)CC3)n2C)c1. The summed E-state index contributed by atoms with van der Waals surface area (Å²) in [6.45, 7) is 8.97. The second-order valence-electron chi connectivity index (χ2n) is 9.23. The standard InChI is InChI=1S/C27H34N6O2S/c1-19-10-11-20(2)23(18-19)28-25(34)13-12-24-29-30-27(31(24)4)36-21(3)26(35)33-16-14-32(15-17-33)22-8-6-5-7-9-22/h5-11,18,21H,12-17H2,1-4H3,(H,28,34). The van der Waals surface area contributed by atoms with Crippen LogP contribution in [0.25, 0.3) is 0 Å². The van der Waals surface area contributed by atoms with E-state index >= 15 is 0 Å². The summed E-state index contributed by atoms with van der Waals surface area (Å²) >= 11 is 1.41. The van der Waals surface area contributed by atoms with Crippen molar-refractivity contribution in [3.63, 3.8) is 0 Å². The molecule has 1 saturated heterocycles. The molecule has 1 aliphatic rings. The molecular weight excluding hydrogens is 472 g/mol. The lowest BCUT2D eigenvalue weighted by molar-refractivity contribution is -0.130. The number of amides is 2. The van der Waals surface area contributed by atoms with Gasteiger partial charge >= 0.3 is 0 Å². The van der Waals surface area contributed by atoms with Crippen LogP contribution >= 0.6 is 11.8 Å². The zero-order chi connectivity index (χ0) is 25.7. The number of aromatic nitrogens is 3. The highest BCUT2D eigenvalue weighted by molar-refractivity contribution is 8.00. The summed E-state index contributed by atoms with van der Waals surface area (Å²) in [5.74, 6) is 0.786. The number of piperazine rings is 1. The quantitative estimate of drug-likeness (QED) is 0.468. The Morgan fingerprint density at radius 3 is 2.47 bits per heavy atom. The third-order valence-electron chi connectivity index (χ3n) is 6.51. The molecule has 2 amide bonds. The van der Waals surface area contributed by atoms with E-state index in [-0.39, 0.29) is 17.1 Å². The minimum atomic E-state index is -0.267. The average molecular weight is 507 g/mol. The van der Waals surface area contributed by atoms with Crippen LogP contribution in [-0.2, 0) is 23.1 Å². The highest BCUT2D eigenvalue weighted by Gasteiger charge is 2.27. The third-order valence-corrected chi connectivity index (χ3v) is 7.63. The molecule has 2 heterocycles. The summed E-state index contributed by atoms with van der Waals surface area (Å²) in [6, 6.07) is 16.3. The number of hydrogen-bond donors (Lipinski definition) is 1. The van der Waals surface area contributed by atoms with Crippen LogP contribution in [-0.4, -0.2) is 62.9 Å². The minimum absolute atomic E-state index is 0.0564. The maximum absolute atomic E-state index is 13.1. The van der Waals surface area contributed by atoms with Crippen molar-refractivity contribution in [3.05, 3.63) is 65.5 Å². The van der Waals surface area contributed by atoms with Crippen LogP contribution in [0.4, 0.5) is 11.4 Å². The van der Waals surface area contributed by atoms with Gasteiger partial charge in [-0.3, -0.25) is 9.59 Å². The Morgan fingerprint density at radius 1 is 1.03 bits per heavy atom. The maximum Gasteiger partial charge on any atom is 0.236 e. The van der Waals surface area contributed by atoms with E-state index in [4.69, 9.17) is 0 Å². The fourth-order valence-corrected chi connectivity index (χ4v) is 5.18. The highest BCUT2D eigenvalue weighted by atomic mass is 32.2. The molecule has 1 unspecified atom stereocenters. The summed E-state index contributed by atoms with van der Waals surface area (Å²) in [5, 5.41) is 12.0. The van der Waals surface area contributed by atoms with E-state index in [1.54, 1.807) is 0 Å². The van der Waals surface area contributed by atoms with Crippen LogP contribution in [0.3, 0.4) is 0 Å². The van der Waals surface area contributed by atoms with Crippen LogP contribution < -0.4 is 10.2 Å². The van der Waals surface area contributed by atoms with Gasteiger partial charge in [-0.05, 0) is 50.1 Å². The van der Waals surface area contributed by atoms with E-state index in [9.17, 15) is 9.59 Å². The Hall–Kier alpha value is -3.33. The van der Waals surface area contributed by atoms with Gasteiger partial charge in [0.1, 0.15) is 5.82 Å². The molecule has 0 radical (unpaired) electrons. The van der Waals surface area contributed by atoms with Gasteiger partial charge in [0.2, 0.25) is 11.8 Å². The molecule has 1 aromatic heterocycles. The van der Waals surface area contributed by atoms with Gasteiger partial charge in [-0.15, -0.1) is 10.2 Å². The van der Waals surface area contributed by atoms with Crippen LogP contribution in [0.5, 0.6) is 0 Å². The Kier molecular flexibility index (Phi) is 8.30. The number of carbonyl (C=O) groups excluding carboxylic acids is 2. The molecule has 0 saturated carbocycles. The van der Waals surface area contributed by atoms with Crippen molar-refractivity contribution in [2.75, 3.05) is 36.4 Å². The van der Waals surface area contributed by atoms with Crippen molar-refractivity contribution >= 4 is 35.0 Å². The van der Waals surface area contributed by atoms with Crippen molar-refractivity contribution in [3.8, 4) is 0 Å². The van der Waals surface area contributed by atoms with Crippen molar-refractivity contribution in [1.82, 2.24) is 19.7 Å². The van der Waals surface area contributed by atoms with Gasteiger partial charge in [-0.2, -0.15) is 0 Å². The number of hydrogen-bond acceptors (Lipinski definition) is 6. The molecule has 1 fully saturated rings. The number of benzene rings is 2. The number of aryl methyl sites for hydroxylation is 3. The molecule has 8 nitrogen and oxygen atoms in total. The van der Waals surface area contributed by atoms with Gasteiger partial charge in [-0.25, -0.2) is 0 Å². The lowest BCUT2D eigenvalue weighted by Gasteiger charge is -2.37. The van der Waals surface area contributed by atoms with Crippen molar-refractivity contribution < 1.29 is 9.59 Å². The van der Waals surface area contributed by atoms with Crippen LogP contribution in [0, 0.1) is 13.8 Å². The van der Waals surface area contributed by atoms with Gasteiger partial charge in [0.25, 0.3) is 0 Å². The molecule has 3 aromatic rings. The van der Waals surface area contributed by atoms with Gasteiger partial charge in [-0.1, -0.05) is 42.1 Å². The Bertz CT molecular complexity index is 1200. The molecule has 4 rings (SSSR count). The van der Waals surface area contributed by atoms with Crippen molar-refractivity contribution in [2.24, 2.45) is 7.05 Å². The number of nitrogens with zero attached hydrogens (tertiary/aromatic N) is 5. The molecule has 1 N–H and O–H groups in total. The second kappa shape index (κ2) is 11.6. The Balaban J connectivity index is 1.27. The molecular formula is C27H34N6O2S. The van der Waals surface area contributed by atoms with Crippen LogP contribution in [0.2, 0.25) is 0 Å². The summed E-state index contributed by atoms with van der Waals surface area (Å²) in [4.78, 5) is 29.8. The fourth-order valence-electron chi connectivity index (χ4n) is 4.26. The zero-order valence-electron chi connectivity index (χ0n) is 21.4. The summed E-state index contributed by atoms with van der Waals surface area (Å²) in [5.41, 5.74) is 4.17. The monoisotopic (exact) mass is 506 g/mol. The number of thioether (sulfide) groups is 1. The van der Waals surface area contributed by atoms with E-state index < -0.39 is 0 Å². The molecule has 190 valence electrons. The van der Waals surface area contributed by atoms with Gasteiger partial charge in [0, 0.05) is 57.4 Å². The molecule has 0 aliphatic carbocycles. The van der Waals surface area contributed by atoms with Crippen molar-refractivity contribution in [1.29, 1.82) is 0 Å². The van der Waals surface area contributed by atoms with Crippen LogP contribution in [0.1, 0.15) is 30.3 Å². The van der Waals surface area contributed by atoms with E-state index in [0.717, 1.165) is 35.7 Å². The summed E-state index contributed by atoms with van der Waals surface area (Å²) < 4.78 is 1.88. The minimum Gasteiger partial charge on any atom is -0.368 e. The summed E-state index contributed by atoms with van der Waals surface area (Å²) in [6.07, 6.45) is 0.786. The lowest BCUT2D eigenvalue weighted by atomic mass is 10.1. The predicted octanol–water partition coefficient (Wildman–Crippen LogP) is 3.83. The molecule has 1 atom stereocenters. The molecule has 0 spiro atoms. The number of anilines is 2. The first kappa shape index (κ1) is 25.8. The van der Waals surface area contributed by atoms with Gasteiger partial charge in [0.15, 0.2) is 5.16 Å². The average Bonchev–Trinajstić information content (AvgIpc) is 3.23. The first-order valence-electron chi connectivity index (χ1n) is 12.3. The number of nitrogens with one attached hydrogen (secondary N) is 1. The number of rotatable bonds is 8. The molecule has 9 heteroatoms. The smallest absolute Gasteiger partial charge is 0.236 e. The molecule has 1 aliphatic heterocycles. The first-order chi connectivity index (χ1) is 17.3. The fraction of sp³-hybridized carbons (Fsp3) is 0.407. The lowest BCUT2D eigenvalue weighted by Crippen LogP contribution is -2.50. The largest absolute Gasteiger partial charge is 0.368 e. The highest BCUT2D eigenvalue weighted by Crippen LogP contribution is 2.25. The molecule has 2 aromatic carbocycles. The van der Waals surface area contributed by atoms with E-state index in [1.165, 1.54) is 17.4 Å². The second-order valence-corrected chi connectivity index (χ2v) is 10.5. The van der Waals surface area contributed by atoms with E-state index in [2.05, 4.69) is 32.5 Å². The molecule has 0 bridgehead atoms. The van der Waals surface area contributed by atoms with Gasteiger partial charge in [0.05, 0.1) is 5.25 Å². The molecule has 36 heavy (non-hydrogen) atoms. The van der Waals surface area contributed by atoms with E-state index in [0.29, 0.717) is 31.1 Å². The summed E-state index contributed by atoms with van der Waals surface area (Å²) in [7, 11) is 1.89. The number of para-hydroxylation sites is 1. The Morgan fingerprint density at radius 2 is 1.75 bits per heavy atom. The zero-order valence-corrected chi connectivity index (χ0v) is 22.2. The maximum atomic E-state index is 13.1. The van der Waals surface area contributed by atoms with E-state index in [1.807, 2.05) is 73.7 Å². The normalized spacial score (nSPS) is 14.6. The third kappa shape index (κ3) is 6.26. The predicted molar refractivity (Wildman–Crippen MR) is 144 cm³/mol. The van der Waals surface area contributed by atoms with Gasteiger partial charge < -0.3 is 19.7 Å². The van der Waals surface area contributed by atoms with Crippen LogP contribution in [0.15, 0.2) is 53.7 Å². The first-order valence-corrected chi connectivity index (χ1v) is 13.2. The Labute approximate surface area is 217 Å². The van der Waals surface area contributed by atoms with Crippen molar-refractivity contribution in [2.45, 2.75) is 44.0 Å². The topological polar surface area (TPSA) is 83.4 Å².